The van der Waals surface area contributed by atoms with E-state index in [4.69, 9.17) is 21.1 Å². The fourth-order valence-corrected chi connectivity index (χ4v) is 4.90. The van der Waals surface area contributed by atoms with Crippen molar-refractivity contribution in [3.63, 3.8) is 0 Å². The first-order valence-corrected chi connectivity index (χ1v) is 10.6. The summed E-state index contributed by atoms with van der Waals surface area (Å²) in [4.78, 5) is 16.4. The predicted octanol–water partition coefficient (Wildman–Crippen LogP) is 4.51. The van der Waals surface area contributed by atoms with E-state index in [0.717, 1.165) is 25.8 Å². The van der Waals surface area contributed by atoms with Gasteiger partial charge in [0.1, 0.15) is 0 Å². The molecule has 3 heterocycles. The summed E-state index contributed by atoms with van der Waals surface area (Å²) in [5.74, 6) is 1.19. The lowest BCUT2D eigenvalue weighted by Crippen LogP contribution is -2.40. The summed E-state index contributed by atoms with van der Waals surface area (Å²) in [5.41, 5.74) is 1.93. The van der Waals surface area contributed by atoms with E-state index in [1.54, 1.807) is 12.1 Å². The number of hydrogen-bond donors (Lipinski definition) is 1. The highest BCUT2D eigenvalue weighted by molar-refractivity contribution is 7.10. The van der Waals surface area contributed by atoms with Crippen LogP contribution in [0, 0.1) is 0 Å². The van der Waals surface area contributed by atoms with Gasteiger partial charge in [-0.05, 0) is 29.9 Å². The molecular formula is C20H23ClN2O3S. The smallest absolute Gasteiger partial charge is 0.238 e. The lowest BCUT2D eigenvalue weighted by molar-refractivity contribution is -0.118. The Labute approximate surface area is 168 Å². The van der Waals surface area contributed by atoms with Crippen LogP contribution in [-0.4, -0.2) is 37.1 Å². The minimum absolute atomic E-state index is 0.0662. The molecule has 1 N–H and O–H groups in total. The monoisotopic (exact) mass is 406 g/mol. The minimum atomic E-state index is -0.0662. The lowest BCUT2D eigenvalue weighted by atomic mass is 9.98. The largest absolute Gasteiger partial charge is 0.490 e. The number of carbonyl (C=O) groups excluding carboxylic acids is 1. The minimum Gasteiger partial charge on any atom is -0.490 e. The summed E-state index contributed by atoms with van der Waals surface area (Å²) < 4.78 is 11.3. The summed E-state index contributed by atoms with van der Waals surface area (Å²) in [6.45, 7) is 4.61. The Morgan fingerprint density at radius 2 is 2.11 bits per heavy atom. The molecule has 2 aromatic rings. The Kier molecular flexibility index (Phi) is 5.57. The second-order valence-electron chi connectivity index (χ2n) is 6.82. The van der Waals surface area contributed by atoms with Crippen molar-refractivity contribution in [2.45, 2.75) is 32.2 Å². The summed E-state index contributed by atoms with van der Waals surface area (Å²) >= 11 is 8.16. The second-order valence-corrected chi connectivity index (χ2v) is 8.23. The molecule has 4 rings (SSSR count). The van der Waals surface area contributed by atoms with E-state index >= 15 is 0 Å². The first-order chi connectivity index (χ1) is 13.2. The molecule has 0 saturated carbocycles. The molecule has 27 heavy (non-hydrogen) atoms. The van der Waals surface area contributed by atoms with Crippen LogP contribution in [0.5, 0.6) is 11.5 Å². The Morgan fingerprint density at radius 1 is 1.33 bits per heavy atom. The van der Waals surface area contributed by atoms with E-state index in [1.807, 2.05) is 11.3 Å². The molecule has 1 unspecified atom stereocenters. The zero-order chi connectivity index (χ0) is 18.8. The van der Waals surface area contributed by atoms with Crippen LogP contribution in [0.2, 0.25) is 5.02 Å². The van der Waals surface area contributed by atoms with Crippen molar-refractivity contribution in [1.82, 2.24) is 4.90 Å². The fraction of sp³-hybridized carbons (Fsp3) is 0.450. The highest BCUT2D eigenvalue weighted by atomic mass is 35.5. The maximum Gasteiger partial charge on any atom is 0.238 e. The van der Waals surface area contributed by atoms with Crippen LogP contribution in [0.3, 0.4) is 0 Å². The van der Waals surface area contributed by atoms with Crippen LogP contribution < -0.4 is 14.8 Å². The van der Waals surface area contributed by atoms with E-state index in [1.165, 1.54) is 10.4 Å². The average molecular weight is 407 g/mol. The van der Waals surface area contributed by atoms with Crippen molar-refractivity contribution in [3.8, 4) is 11.5 Å². The summed E-state index contributed by atoms with van der Waals surface area (Å²) in [6, 6.07) is 5.96. The van der Waals surface area contributed by atoms with Crippen LogP contribution in [0.25, 0.3) is 0 Å². The van der Waals surface area contributed by atoms with Crippen molar-refractivity contribution in [2.75, 3.05) is 31.6 Å². The molecule has 0 spiro atoms. The second kappa shape index (κ2) is 8.09. The number of amides is 1. The Hall–Kier alpha value is -1.76. The molecule has 0 fully saturated rings. The number of thiophene rings is 1. The molecule has 1 aromatic carbocycles. The van der Waals surface area contributed by atoms with Gasteiger partial charge in [0.05, 0.1) is 30.5 Å². The van der Waals surface area contributed by atoms with Crippen molar-refractivity contribution in [1.29, 1.82) is 0 Å². The Bertz CT molecular complexity index is 839. The van der Waals surface area contributed by atoms with Gasteiger partial charge in [-0.1, -0.05) is 18.5 Å². The van der Waals surface area contributed by atoms with Crippen LogP contribution in [0.1, 0.15) is 36.2 Å². The van der Waals surface area contributed by atoms with E-state index < -0.39 is 0 Å². The molecule has 144 valence electrons. The highest BCUT2D eigenvalue weighted by Crippen LogP contribution is 2.38. The number of hydrogen-bond acceptors (Lipinski definition) is 5. The molecule has 1 amide bonds. The number of fused-ring (bicyclic) bond motifs is 2. The molecule has 0 bridgehead atoms. The van der Waals surface area contributed by atoms with Crippen LogP contribution in [0.4, 0.5) is 5.69 Å². The number of nitrogens with zero attached hydrogens (tertiary/aromatic N) is 1. The first-order valence-electron chi connectivity index (χ1n) is 9.35. The van der Waals surface area contributed by atoms with Crippen molar-refractivity contribution in [3.05, 3.63) is 39.0 Å². The van der Waals surface area contributed by atoms with Gasteiger partial charge in [-0.25, -0.2) is 0 Å². The van der Waals surface area contributed by atoms with E-state index in [2.05, 4.69) is 28.6 Å². The molecule has 5 nitrogen and oxygen atoms in total. The van der Waals surface area contributed by atoms with Gasteiger partial charge in [0.15, 0.2) is 11.5 Å². The molecule has 0 radical (unpaired) electrons. The Morgan fingerprint density at radius 3 is 2.89 bits per heavy atom. The van der Waals surface area contributed by atoms with Gasteiger partial charge in [0.25, 0.3) is 0 Å². The normalized spacial score (nSPS) is 19.3. The zero-order valence-corrected chi connectivity index (χ0v) is 16.9. The third-order valence-electron chi connectivity index (χ3n) is 5.05. The van der Waals surface area contributed by atoms with Crippen molar-refractivity contribution in [2.24, 2.45) is 0 Å². The van der Waals surface area contributed by atoms with Gasteiger partial charge in [-0.15, -0.1) is 11.3 Å². The number of carbonyl (C=O) groups is 1. The molecule has 0 aliphatic carbocycles. The number of rotatable bonds is 4. The summed E-state index contributed by atoms with van der Waals surface area (Å²) in [5, 5.41) is 5.55. The number of anilines is 1. The SMILES string of the molecule is CCC1c2ccsc2CCN1CC(=O)Nc1cc2c(cc1Cl)OCCCO2. The zero-order valence-electron chi connectivity index (χ0n) is 15.3. The Balaban J connectivity index is 1.46. The van der Waals surface area contributed by atoms with E-state index in [-0.39, 0.29) is 5.91 Å². The van der Waals surface area contributed by atoms with Gasteiger partial charge in [-0.2, -0.15) is 0 Å². The number of halogens is 1. The third kappa shape index (κ3) is 3.93. The van der Waals surface area contributed by atoms with Gasteiger partial charge in [-0.3, -0.25) is 9.69 Å². The fourth-order valence-electron chi connectivity index (χ4n) is 3.77. The molecule has 2 aliphatic rings. The first kappa shape index (κ1) is 18.6. The van der Waals surface area contributed by atoms with Gasteiger partial charge in [0, 0.05) is 36.0 Å². The maximum absolute atomic E-state index is 12.7. The molecule has 1 atom stereocenters. The quantitative estimate of drug-likeness (QED) is 0.811. The number of benzene rings is 1. The lowest BCUT2D eigenvalue weighted by Gasteiger charge is -2.34. The molecule has 7 heteroatoms. The van der Waals surface area contributed by atoms with Crippen LogP contribution in [0.15, 0.2) is 23.6 Å². The van der Waals surface area contributed by atoms with Crippen molar-refractivity contribution >= 4 is 34.5 Å². The van der Waals surface area contributed by atoms with E-state index in [9.17, 15) is 4.79 Å². The van der Waals surface area contributed by atoms with Gasteiger partial charge in [0.2, 0.25) is 5.91 Å². The van der Waals surface area contributed by atoms with Crippen LogP contribution in [-0.2, 0) is 11.2 Å². The van der Waals surface area contributed by atoms with E-state index in [0.29, 0.717) is 48.0 Å². The highest BCUT2D eigenvalue weighted by Gasteiger charge is 2.28. The number of nitrogens with one attached hydrogen (secondary N) is 1. The predicted molar refractivity (Wildman–Crippen MR) is 108 cm³/mol. The van der Waals surface area contributed by atoms with Gasteiger partial charge < -0.3 is 14.8 Å². The summed E-state index contributed by atoms with van der Waals surface area (Å²) in [6.07, 6.45) is 2.81. The van der Waals surface area contributed by atoms with Crippen molar-refractivity contribution < 1.29 is 14.3 Å². The topological polar surface area (TPSA) is 50.8 Å². The third-order valence-corrected chi connectivity index (χ3v) is 6.36. The maximum atomic E-state index is 12.7. The molecule has 0 saturated heterocycles. The standard InChI is InChI=1S/C20H23ClN2O3S/c1-2-16-13-5-9-27-19(13)4-6-23(16)12-20(24)22-15-11-18-17(10-14(15)21)25-7-3-8-26-18/h5,9-11,16H,2-4,6-8,12H2,1H3,(H,22,24). The number of ether oxygens (including phenoxy) is 2. The molecule has 1 aromatic heterocycles. The summed E-state index contributed by atoms with van der Waals surface area (Å²) in [7, 11) is 0. The average Bonchev–Trinajstić information content (AvgIpc) is 3.02. The molecule has 2 aliphatic heterocycles. The molecular weight excluding hydrogens is 384 g/mol. The van der Waals surface area contributed by atoms with Crippen LogP contribution >= 0.6 is 22.9 Å². The van der Waals surface area contributed by atoms with Gasteiger partial charge >= 0.3 is 0 Å².